The van der Waals surface area contributed by atoms with E-state index in [-0.39, 0.29) is 0 Å². The lowest BCUT2D eigenvalue weighted by Crippen LogP contribution is -2.12. The molecule has 0 saturated heterocycles. The summed E-state index contributed by atoms with van der Waals surface area (Å²) in [5.41, 5.74) is 3.43. The predicted molar refractivity (Wildman–Crippen MR) is 111 cm³/mol. The van der Waals surface area contributed by atoms with Crippen molar-refractivity contribution < 1.29 is 9.63 Å². The maximum absolute atomic E-state index is 11.9. The first-order chi connectivity index (χ1) is 13.0. The van der Waals surface area contributed by atoms with Crippen molar-refractivity contribution in [3.8, 4) is 0 Å². The summed E-state index contributed by atoms with van der Waals surface area (Å²) in [6.07, 6.45) is 5.83. The number of hydrogen-bond donors (Lipinski definition) is 1. The van der Waals surface area contributed by atoms with E-state index in [0.717, 1.165) is 5.56 Å². The fraction of sp³-hybridized carbons (Fsp3) is 0.333. The van der Waals surface area contributed by atoms with E-state index in [1.807, 2.05) is 19.1 Å². The van der Waals surface area contributed by atoms with Gasteiger partial charge in [0.15, 0.2) is 0 Å². The SMILES string of the molecule is C/C(=N\OC(=O)Nc1ccc(Cl)c(Cl)c1)c1ccc(C2CCCCC2)cc1. The molecule has 4 nitrogen and oxygen atoms in total. The predicted octanol–water partition coefficient (Wildman–Crippen LogP) is 7.01. The van der Waals surface area contributed by atoms with Gasteiger partial charge < -0.3 is 0 Å². The molecular formula is C21H22Cl2N2O2. The number of anilines is 1. The Bertz CT molecular complexity index is 829. The third-order valence-electron chi connectivity index (χ3n) is 4.84. The highest BCUT2D eigenvalue weighted by Crippen LogP contribution is 2.32. The molecule has 0 radical (unpaired) electrons. The fourth-order valence-electron chi connectivity index (χ4n) is 3.31. The number of nitrogens with one attached hydrogen (secondary N) is 1. The number of benzene rings is 2. The van der Waals surface area contributed by atoms with Crippen LogP contribution in [0.4, 0.5) is 10.5 Å². The Morgan fingerprint density at radius 1 is 1.04 bits per heavy atom. The summed E-state index contributed by atoms with van der Waals surface area (Å²) in [4.78, 5) is 16.8. The lowest BCUT2D eigenvalue weighted by molar-refractivity contribution is 0.166. The molecule has 0 spiro atoms. The molecule has 1 aliphatic carbocycles. The maximum Gasteiger partial charge on any atom is 0.437 e. The van der Waals surface area contributed by atoms with E-state index in [1.165, 1.54) is 37.7 Å². The Hall–Kier alpha value is -2.04. The van der Waals surface area contributed by atoms with Crippen LogP contribution in [0.5, 0.6) is 0 Å². The molecule has 0 unspecified atom stereocenters. The molecular weight excluding hydrogens is 383 g/mol. The molecule has 2 aromatic carbocycles. The smallest absolute Gasteiger partial charge is 0.298 e. The highest BCUT2D eigenvalue weighted by molar-refractivity contribution is 6.42. The van der Waals surface area contributed by atoms with Crippen LogP contribution in [0.15, 0.2) is 47.6 Å². The van der Waals surface area contributed by atoms with E-state index in [9.17, 15) is 4.79 Å². The van der Waals surface area contributed by atoms with Gasteiger partial charge in [0.2, 0.25) is 0 Å². The monoisotopic (exact) mass is 404 g/mol. The second-order valence-electron chi connectivity index (χ2n) is 6.77. The van der Waals surface area contributed by atoms with Crippen molar-refractivity contribution in [2.24, 2.45) is 5.16 Å². The molecule has 1 amide bonds. The normalized spacial score (nSPS) is 15.4. The molecule has 0 aliphatic heterocycles. The molecule has 6 heteroatoms. The van der Waals surface area contributed by atoms with Crippen LogP contribution < -0.4 is 5.32 Å². The number of halogens is 2. The fourth-order valence-corrected chi connectivity index (χ4v) is 3.61. The summed E-state index contributed by atoms with van der Waals surface area (Å²) in [7, 11) is 0. The van der Waals surface area contributed by atoms with Gasteiger partial charge in [0.25, 0.3) is 0 Å². The molecule has 142 valence electrons. The highest BCUT2D eigenvalue weighted by atomic mass is 35.5. The maximum atomic E-state index is 11.9. The van der Waals surface area contributed by atoms with Crippen molar-refractivity contribution in [2.45, 2.75) is 44.9 Å². The molecule has 0 atom stereocenters. The lowest BCUT2D eigenvalue weighted by Gasteiger charge is -2.22. The van der Waals surface area contributed by atoms with E-state index < -0.39 is 6.09 Å². The molecule has 1 fully saturated rings. The first-order valence-electron chi connectivity index (χ1n) is 9.11. The number of carbonyl (C=O) groups excluding carboxylic acids is 1. The van der Waals surface area contributed by atoms with Gasteiger partial charge in [-0.3, -0.25) is 10.2 Å². The zero-order valence-corrected chi connectivity index (χ0v) is 16.7. The summed E-state index contributed by atoms with van der Waals surface area (Å²) >= 11 is 11.8. The molecule has 1 N–H and O–H groups in total. The van der Waals surface area contributed by atoms with Gasteiger partial charge in [0.1, 0.15) is 0 Å². The minimum absolute atomic E-state index is 0.354. The van der Waals surface area contributed by atoms with Crippen molar-refractivity contribution in [1.29, 1.82) is 0 Å². The largest absolute Gasteiger partial charge is 0.437 e. The molecule has 1 aliphatic rings. The Morgan fingerprint density at radius 3 is 2.41 bits per heavy atom. The van der Waals surface area contributed by atoms with Crippen molar-refractivity contribution in [1.82, 2.24) is 0 Å². The van der Waals surface area contributed by atoms with Gasteiger partial charge in [0.05, 0.1) is 15.8 Å². The van der Waals surface area contributed by atoms with Gasteiger partial charge in [-0.25, -0.2) is 4.79 Å². The zero-order valence-electron chi connectivity index (χ0n) is 15.2. The van der Waals surface area contributed by atoms with Crippen molar-refractivity contribution in [3.63, 3.8) is 0 Å². The van der Waals surface area contributed by atoms with Gasteiger partial charge in [-0.05, 0) is 55.0 Å². The number of rotatable bonds is 4. The second-order valence-corrected chi connectivity index (χ2v) is 7.58. The van der Waals surface area contributed by atoms with Crippen LogP contribution in [-0.2, 0) is 4.84 Å². The molecule has 0 aromatic heterocycles. The average Bonchev–Trinajstić information content (AvgIpc) is 2.70. The van der Waals surface area contributed by atoms with Crippen molar-refractivity contribution in [2.75, 3.05) is 5.32 Å². The summed E-state index contributed by atoms with van der Waals surface area (Å²) < 4.78 is 0. The number of oxime groups is 1. The van der Waals surface area contributed by atoms with E-state index >= 15 is 0 Å². The lowest BCUT2D eigenvalue weighted by atomic mass is 9.84. The van der Waals surface area contributed by atoms with Gasteiger partial charge in [-0.2, -0.15) is 0 Å². The molecule has 27 heavy (non-hydrogen) atoms. The van der Waals surface area contributed by atoms with Crippen LogP contribution in [0.25, 0.3) is 0 Å². The summed E-state index contributed by atoms with van der Waals surface area (Å²) in [6.45, 7) is 1.81. The Morgan fingerprint density at radius 2 is 1.74 bits per heavy atom. The van der Waals surface area contributed by atoms with Gasteiger partial charge in [-0.1, -0.05) is 71.9 Å². The summed E-state index contributed by atoms with van der Waals surface area (Å²) in [6, 6.07) is 13.1. The van der Waals surface area contributed by atoms with Gasteiger partial charge in [-0.15, -0.1) is 0 Å². The molecule has 0 bridgehead atoms. The Kier molecular flexibility index (Phi) is 6.75. The molecule has 3 rings (SSSR count). The quantitative estimate of drug-likeness (QED) is 0.338. The number of amides is 1. The number of hydrogen-bond acceptors (Lipinski definition) is 3. The minimum atomic E-state index is -0.688. The molecule has 2 aromatic rings. The van der Waals surface area contributed by atoms with Crippen LogP contribution in [0.2, 0.25) is 10.0 Å². The van der Waals surface area contributed by atoms with Crippen LogP contribution in [-0.4, -0.2) is 11.8 Å². The second kappa shape index (κ2) is 9.25. The number of carbonyl (C=O) groups is 1. The van der Waals surface area contributed by atoms with Crippen LogP contribution in [0.3, 0.4) is 0 Å². The average molecular weight is 405 g/mol. The highest BCUT2D eigenvalue weighted by Gasteiger charge is 2.15. The van der Waals surface area contributed by atoms with Crippen LogP contribution >= 0.6 is 23.2 Å². The third-order valence-corrected chi connectivity index (χ3v) is 5.58. The Labute approximate surface area is 169 Å². The topological polar surface area (TPSA) is 50.7 Å². The van der Waals surface area contributed by atoms with Crippen LogP contribution in [0, 0.1) is 0 Å². The molecule has 0 heterocycles. The zero-order chi connectivity index (χ0) is 19.2. The van der Waals surface area contributed by atoms with Gasteiger partial charge >= 0.3 is 6.09 Å². The van der Waals surface area contributed by atoms with Gasteiger partial charge in [0, 0.05) is 5.69 Å². The first-order valence-corrected chi connectivity index (χ1v) is 9.86. The first kappa shape index (κ1) is 19.7. The van der Waals surface area contributed by atoms with E-state index in [4.69, 9.17) is 28.0 Å². The third kappa shape index (κ3) is 5.47. The van der Waals surface area contributed by atoms with Crippen LogP contribution in [0.1, 0.15) is 56.1 Å². The van der Waals surface area contributed by atoms with Crippen molar-refractivity contribution in [3.05, 3.63) is 63.6 Å². The Balaban J connectivity index is 1.57. The minimum Gasteiger partial charge on any atom is -0.298 e. The van der Waals surface area contributed by atoms with E-state index in [1.54, 1.807) is 18.2 Å². The summed E-state index contributed by atoms with van der Waals surface area (Å²) in [5, 5.41) is 7.25. The molecule has 1 saturated carbocycles. The van der Waals surface area contributed by atoms with E-state index in [2.05, 4.69) is 22.6 Å². The van der Waals surface area contributed by atoms with Crippen molar-refractivity contribution >= 4 is 40.7 Å². The number of nitrogens with zero attached hydrogens (tertiary/aromatic N) is 1. The standard InChI is InChI=1S/C21H22Cl2N2O2/c1-14(15-7-9-17(10-8-15)16-5-3-2-4-6-16)25-27-21(26)24-18-11-12-19(22)20(23)13-18/h7-13,16H,2-6H2,1H3,(H,24,26)/b25-14+. The van der Waals surface area contributed by atoms with E-state index in [0.29, 0.717) is 27.4 Å². The summed E-state index contributed by atoms with van der Waals surface area (Å²) in [5.74, 6) is 0.665.